The fraction of sp³-hybridized carbons (Fsp3) is 0.629. The highest BCUT2D eigenvalue weighted by atomic mass is 35.5. The fourth-order valence-corrected chi connectivity index (χ4v) is 7.74. The van der Waals surface area contributed by atoms with Crippen molar-refractivity contribution in [2.75, 3.05) is 44.2 Å². The van der Waals surface area contributed by atoms with Crippen LogP contribution in [0.15, 0.2) is 30.6 Å². The monoisotopic (exact) mass is 663 g/mol. The number of anilines is 1. The molecule has 4 heterocycles. The predicted octanol–water partition coefficient (Wildman–Crippen LogP) is 5.42. The zero-order valence-electron chi connectivity index (χ0n) is 27.7. The predicted molar refractivity (Wildman–Crippen MR) is 179 cm³/mol. The van der Waals surface area contributed by atoms with Gasteiger partial charge in [0, 0.05) is 56.3 Å². The number of nitrogens with zero attached hydrogens (tertiary/aromatic N) is 6. The number of amides is 2. The van der Waals surface area contributed by atoms with Gasteiger partial charge in [0.25, 0.3) is 5.91 Å². The molecule has 0 bridgehead atoms. The third-order valence-electron chi connectivity index (χ3n) is 10.1. The van der Waals surface area contributed by atoms with E-state index in [0.29, 0.717) is 28.1 Å². The van der Waals surface area contributed by atoms with Gasteiger partial charge in [-0.2, -0.15) is 5.26 Å². The summed E-state index contributed by atoms with van der Waals surface area (Å²) < 4.78 is 11.7. The number of rotatable bonds is 6. The Hall–Kier alpha value is -3.62. The van der Waals surface area contributed by atoms with Crippen molar-refractivity contribution in [3.05, 3.63) is 46.9 Å². The molecule has 12 heteroatoms. The lowest BCUT2D eigenvalue weighted by molar-refractivity contribution is 0.0272. The SMILES string of the molecule is CC(C)(C)OC(=O)N1CCC2(CCN(C3CCN(c4cnc(C(=O)NC5CCC(Oc6ccc(C#N)c(Cl)c6)CC5)cn4)CC3)C2)C1. The molecule has 1 spiro atoms. The summed E-state index contributed by atoms with van der Waals surface area (Å²) in [6, 6.07) is 7.76. The molecule has 1 N–H and O–H groups in total. The van der Waals surface area contributed by atoms with Crippen molar-refractivity contribution in [1.82, 2.24) is 25.1 Å². The smallest absolute Gasteiger partial charge is 0.410 e. The number of ether oxygens (including phenoxy) is 2. The molecule has 1 aliphatic carbocycles. The maximum Gasteiger partial charge on any atom is 0.410 e. The highest BCUT2D eigenvalue weighted by molar-refractivity contribution is 6.31. The first kappa shape index (κ1) is 33.3. The summed E-state index contributed by atoms with van der Waals surface area (Å²) in [5.74, 6) is 1.26. The summed E-state index contributed by atoms with van der Waals surface area (Å²) in [5, 5.41) is 12.6. The maximum atomic E-state index is 13.0. The lowest BCUT2D eigenvalue weighted by Gasteiger charge is -2.38. The highest BCUT2D eigenvalue weighted by Crippen LogP contribution is 2.41. The van der Waals surface area contributed by atoms with Crippen molar-refractivity contribution in [3.8, 4) is 11.8 Å². The molecule has 2 amide bonds. The fourth-order valence-electron chi connectivity index (χ4n) is 7.53. The number of piperidine rings is 1. The van der Waals surface area contributed by atoms with E-state index in [4.69, 9.17) is 26.3 Å². The Morgan fingerprint density at radius 2 is 1.74 bits per heavy atom. The van der Waals surface area contributed by atoms with Crippen LogP contribution in [0, 0.1) is 16.7 Å². The molecule has 2 aromatic rings. The van der Waals surface area contributed by atoms with Crippen LogP contribution in [0.5, 0.6) is 5.75 Å². The van der Waals surface area contributed by atoms with Crippen LogP contribution in [0.4, 0.5) is 10.6 Å². The second-order valence-electron chi connectivity index (χ2n) is 14.7. The van der Waals surface area contributed by atoms with Gasteiger partial charge in [-0.05, 0) is 90.8 Å². The second-order valence-corrected chi connectivity index (χ2v) is 15.1. The molecule has 0 radical (unpaired) electrons. The van der Waals surface area contributed by atoms with Crippen LogP contribution in [-0.2, 0) is 4.74 Å². The molecular weight excluding hydrogens is 618 g/mol. The van der Waals surface area contributed by atoms with Crippen LogP contribution in [-0.4, -0.2) is 94.8 Å². The maximum absolute atomic E-state index is 13.0. The number of likely N-dealkylation sites (tertiary alicyclic amines) is 2. The Bertz CT molecular complexity index is 1480. The molecule has 1 unspecified atom stereocenters. The number of carbonyl (C=O) groups excluding carboxylic acids is 2. The Morgan fingerprint density at radius 1 is 1.00 bits per heavy atom. The third-order valence-corrected chi connectivity index (χ3v) is 10.4. The summed E-state index contributed by atoms with van der Waals surface area (Å²) in [4.78, 5) is 41.5. The van der Waals surface area contributed by atoms with Crippen LogP contribution in [0.1, 0.15) is 88.2 Å². The van der Waals surface area contributed by atoms with Crippen LogP contribution in [0.2, 0.25) is 5.02 Å². The van der Waals surface area contributed by atoms with Crippen molar-refractivity contribution < 1.29 is 19.1 Å². The van der Waals surface area contributed by atoms with Gasteiger partial charge < -0.3 is 24.6 Å². The van der Waals surface area contributed by atoms with Crippen molar-refractivity contribution in [3.63, 3.8) is 0 Å². The Labute approximate surface area is 282 Å². The first-order chi connectivity index (χ1) is 22.5. The van der Waals surface area contributed by atoms with Crippen molar-refractivity contribution in [2.24, 2.45) is 5.41 Å². The summed E-state index contributed by atoms with van der Waals surface area (Å²) in [6.07, 6.45) is 10.7. The summed E-state index contributed by atoms with van der Waals surface area (Å²) in [5.41, 5.74) is 0.470. The van der Waals surface area contributed by atoms with Crippen LogP contribution in [0.3, 0.4) is 0 Å². The first-order valence-electron chi connectivity index (χ1n) is 17.0. The Balaban J connectivity index is 0.920. The van der Waals surface area contributed by atoms with E-state index in [0.717, 1.165) is 96.5 Å². The van der Waals surface area contributed by atoms with E-state index in [-0.39, 0.29) is 29.6 Å². The number of carbonyl (C=O) groups is 2. The first-order valence-corrected chi connectivity index (χ1v) is 17.3. The number of nitriles is 1. The number of benzene rings is 1. The zero-order valence-corrected chi connectivity index (χ0v) is 28.5. The molecular formula is C35H46ClN7O4. The normalized spacial score (nSPS) is 25.5. The van der Waals surface area contributed by atoms with Crippen molar-refractivity contribution >= 4 is 29.4 Å². The Kier molecular flexibility index (Phi) is 9.81. The number of halogens is 1. The molecule has 3 aliphatic heterocycles. The van der Waals surface area contributed by atoms with E-state index in [1.165, 1.54) is 0 Å². The van der Waals surface area contributed by atoms with Crippen LogP contribution < -0.4 is 15.0 Å². The molecule has 47 heavy (non-hydrogen) atoms. The van der Waals surface area contributed by atoms with Gasteiger partial charge in [-0.15, -0.1) is 0 Å². The van der Waals surface area contributed by atoms with E-state index in [1.807, 2.05) is 25.7 Å². The lowest BCUT2D eigenvalue weighted by atomic mass is 9.86. The molecule has 3 saturated heterocycles. The standard InChI is InChI=1S/C35H46ClN7O4/c1-34(2,3)47-33(45)43-17-13-35(23-43)12-16-42(22-35)26-10-14-41(15-11-26)31-21-38-30(20-39-31)32(44)40-25-5-8-27(9-6-25)46-28-7-4-24(19-37)29(36)18-28/h4,7,18,20-21,25-27H,5-6,8-17,22-23H2,1-3H3,(H,40,44). The summed E-state index contributed by atoms with van der Waals surface area (Å²) in [7, 11) is 0. The summed E-state index contributed by atoms with van der Waals surface area (Å²) >= 11 is 6.14. The average molecular weight is 664 g/mol. The van der Waals surface area contributed by atoms with Crippen molar-refractivity contribution in [1.29, 1.82) is 5.26 Å². The lowest BCUT2D eigenvalue weighted by Crippen LogP contribution is -2.45. The van der Waals surface area contributed by atoms with Crippen LogP contribution >= 0.6 is 11.6 Å². The molecule has 6 rings (SSSR count). The molecule has 252 valence electrons. The van der Waals surface area contributed by atoms with Gasteiger partial charge in [-0.25, -0.2) is 14.8 Å². The van der Waals surface area contributed by atoms with Gasteiger partial charge in [0.2, 0.25) is 0 Å². The van der Waals surface area contributed by atoms with Crippen LogP contribution in [0.25, 0.3) is 0 Å². The number of hydrogen-bond acceptors (Lipinski definition) is 9. The van der Waals surface area contributed by atoms with Crippen molar-refractivity contribution in [2.45, 2.75) is 95.9 Å². The van der Waals surface area contributed by atoms with E-state index < -0.39 is 5.60 Å². The van der Waals surface area contributed by atoms with Gasteiger partial charge in [0.1, 0.15) is 28.9 Å². The van der Waals surface area contributed by atoms with Gasteiger partial charge >= 0.3 is 6.09 Å². The molecule has 1 saturated carbocycles. The van der Waals surface area contributed by atoms with Gasteiger partial charge in [-0.3, -0.25) is 9.69 Å². The molecule has 4 aliphatic rings. The van der Waals surface area contributed by atoms with Gasteiger partial charge in [-0.1, -0.05) is 11.6 Å². The quantitative estimate of drug-likeness (QED) is 0.431. The minimum Gasteiger partial charge on any atom is -0.490 e. The molecule has 1 atom stereocenters. The topological polar surface area (TPSA) is 124 Å². The minimum absolute atomic E-state index is 0.0409. The minimum atomic E-state index is -0.470. The van der Waals surface area contributed by atoms with Gasteiger partial charge in [0.05, 0.1) is 29.1 Å². The highest BCUT2D eigenvalue weighted by Gasteiger charge is 2.47. The average Bonchev–Trinajstić information content (AvgIpc) is 3.68. The molecule has 1 aromatic carbocycles. The molecule has 11 nitrogen and oxygen atoms in total. The zero-order chi connectivity index (χ0) is 33.2. The largest absolute Gasteiger partial charge is 0.490 e. The Morgan fingerprint density at radius 3 is 2.40 bits per heavy atom. The third kappa shape index (κ3) is 8.10. The summed E-state index contributed by atoms with van der Waals surface area (Å²) in [6.45, 7) is 11.2. The molecule has 1 aromatic heterocycles. The van der Waals surface area contributed by atoms with E-state index in [9.17, 15) is 9.59 Å². The number of nitrogens with one attached hydrogen (secondary N) is 1. The number of hydrogen-bond donors (Lipinski definition) is 1. The molecule has 4 fully saturated rings. The van der Waals surface area contributed by atoms with E-state index in [2.05, 4.69) is 31.2 Å². The van der Waals surface area contributed by atoms with E-state index >= 15 is 0 Å². The van der Waals surface area contributed by atoms with Gasteiger partial charge in [0.15, 0.2) is 0 Å². The second kappa shape index (κ2) is 13.9. The number of aromatic nitrogens is 2. The van der Waals surface area contributed by atoms with E-state index in [1.54, 1.807) is 30.6 Å².